The number of hydrogen-bond acceptors (Lipinski definition) is 2. The summed E-state index contributed by atoms with van der Waals surface area (Å²) in [7, 11) is 0. The van der Waals surface area contributed by atoms with Crippen molar-refractivity contribution in [2.24, 2.45) is 0 Å². The minimum Gasteiger partial charge on any atom is -0.297 e. The summed E-state index contributed by atoms with van der Waals surface area (Å²) in [5.74, 6) is 0. The first-order valence-electron chi connectivity index (χ1n) is 6.20. The molecule has 0 amide bonds. The van der Waals surface area contributed by atoms with Crippen molar-refractivity contribution in [2.75, 3.05) is 19.3 Å². The van der Waals surface area contributed by atoms with E-state index in [9.17, 15) is 0 Å². The number of rotatable bonds is 3. The highest BCUT2D eigenvalue weighted by molar-refractivity contribution is 7.98. The van der Waals surface area contributed by atoms with Crippen LogP contribution < -0.4 is 0 Å². The molecule has 0 saturated carbocycles. The molecule has 1 nitrogen and oxygen atoms in total. The van der Waals surface area contributed by atoms with Crippen molar-refractivity contribution in [1.82, 2.24) is 4.90 Å². The zero-order chi connectivity index (χ0) is 11.4. The van der Waals surface area contributed by atoms with Gasteiger partial charge in [-0.1, -0.05) is 24.6 Å². The first kappa shape index (κ1) is 12.0. The zero-order valence-electron chi connectivity index (χ0n) is 10.3. The van der Waals surface area contributed by atoms with E-state index < -0.39 is 0 Å². The molecule has 2 heteroatoms. The summed E-state index contributed by atoms with van der Waals surface area (Å²) >= 11 is 1.86. The molecule has 0 N–H and O–H groups in total. The average molecular weight is 235 g/mol. The monoisotopic (exact) mass is 235 g/mol. The molecule has 0 unspecified atom stereocenters. The van der Waals surface area contributed by atoms with Gasteiger partial charge in [0.1, 0.15) is 0 Å². The Morgan fingerprint density at radius 1 is 1.12 bits per heavy atom. The molecule has 1 fully saturated rings. The SMILES string of the molecule is CSc1ccccc1[C@H](C)N1CCCCC1. The van der Waals surface area contributed by atoms with Crippen LogP contribution in [0.2, 0.25) is 0 Å². The lowest BCUT2D eigenvalue weighted by Crippen LogP contribution is -2.32. The number of likely N-dealkylation sites (tertiary alicyclic amines) is 1. The van der Waals surface area contributed by atoms with Gasteiger partial charge in [0.05, 0.1) is 0 Å². The van der Waals surface area contributed by atoms with E-state index in [1.165, 1.54) is 42.8 Å². The number of hydrogen-bond donors (Lipinski definition) is 0. The smallest absolute Gasteiger partial charge is 0.0330 e. The van der Waals surface area contributed by atoms with Gasteiger partial charge in [-0.2, -0.15) is 0 Å². The Labute approximate surface area is 103 Å². The summed E-state index contributed by atoms with van der Waals surface area (Å²) in [4.78, 5) is 4.05. The normalized spacial score (nSPS) is 19.6. The maximum Gasteiger partial charge on any atom is 0.0330 e. The second-order valence-electron chi connectivity index (χ2n) is 4.51. The molecule has 1 saturated heterocycles. The predicted octanol–water partition coefficient (Wildman–Crippen LogP) is 3.96. The molecule has 0 aliphatic carbocycles. The molecule has 2 rings (SSSR count). The third-order valence-electron chi connectivity index (χ3n) is 3.53. The van der Waals surface area contributed by atoms with Crippen LogP contribution in [0.15, 0.2) is 29.2 Å². The lowest BCUT2D eigenvalue weighted by atomic mass is 10.0. The van der Waals surface area contributed by atoms with Crippen molar-refractivity contribution in [3.63, 3.8) is 0 Å². The molecule has 16 heavy (non-hydrogen) atoms. The number of thioether (sulfide) groups is 1. The lowest BCUT2D eigenvalue weighted by molar-refractivity contribution is 0.173. The van der Waals surface area contributed by atoms with E-state index in [0.717, 1.165) is 0 Å². The van der Waals surface area contributed by atoms with Crippen LogP contribution in [0.4, 0.5) is 0 Å². The third-order valence-corrected chi connectivity index (χ3v) is 4.34. The predicted molar refractivity (Wildman–Crippen MR) is 72.1 cm³/mol. The molecule has 1 heterocycles. The van der Waals surface area contributed by atoms with Crippen LogP contribution in [0.25, 0.3) is 0 Å². The highest BCUT2D eigenvalue weighted by atomic mass is 32.2. The van der Waals surface area contributed by atoms with Crippen LogP contribution in [0, 0.1) is 0 Å². The molecule has 0 spiro atoms. The Morgan fingerprint density at radius 3 is 2.50 bits per heavy atom. The molecule has 1 aliphatic rings. The standard InChI is InChI=1S/C14H21NS/c1-12(15-10-6-3-7-11-15)13-8-4-5-9-14(13)16-2/h4-5,8-9,12H,3,6-7,10-11H2,1-2H3/t12-/m0/s1. The Bertz CT molecular complexity index is 331. The van der Waals surface area contributed by atoms with Gasteiger partial charge in [-0.05, 0) is 50.7 Å². The first-order valence-corrected chi connectivity index (χ1v) is 7.42. The van der Waals surface area contributed by atoms with Crippen molar-refractivity contribution in [2.45, 2.75) is 37.1 Å². The fourth-order valence-corrected chi connectivity index (χ4v) is 3.20. The summed E-state index contributed by atoms with van der Waals surface area (Å²) < 4.78 is 0. The van der Waals surface area contributed by atoms with Crippen molar-refractivity contribution < 1.29 is 0 Å². The third kappa shape index (κ3) is 2.61. The second-order valence-corrected chi connectivity index (χ2v) is 5.36. The Kier molecular flexibility index (Phi) is 4.30. The summed E-state index contributed by atoms with van der Waals surface area (Å²) in [6, 6.07) is 9.39. The van der Waals surface area contributed by atoms with E-state index in [0.29, 0.717) is 6.04 Å². The van der Waals surface area contributed by atoms with Crippen molar-refractivity contribution >= 4 is 11.8 Å². The molecule has 0 aromatic heterocycles. The van der Waals surface area contributed by atoms with Crippen LogP contribution in [-0.4, -0.2) is 24.2 Å². The molecule has 0 bridgehead atoms. The minimum atomic E-state index is 0.573. The van der Waals surface area contributed by atoms with E-state index in [1.807, 2.05) is 11.8 Å². The van der Waals surface area contributed by atoms with Gasteiger partial charge >= 0.3 is 0 Å². The van der Waals surface area contributed by atoms with E-state index >= 15 is 0 Å². The van der Waals surface area contributed by atoms with Crippen LogP contribution in [0.5, 0.6) is 0 Å². The molecule has 1 aromatic carbocycles. The van der Waals surface area contributed by atoms with Crippen LogP contribution in [0.3, 0.4) is 0 Å². The number of piperidine rings is 1. The van der Waals surface area contributed by atoms with Gasteiger partial charge in [0, 0.05) is 10.9 Å². The summed E-state index contributed by atoms with van der Waals surface area (Å²) in [6.45, 7) is 4.88. The average Bonchev–Trinajstić information content (AvgIpc) is 2.39. The van der Waals surface area contributed by atoms with Gasteiger partial charge in [0.2, 0.25) is 0 Å². The fourth-order valence-electron chi connectivity index (χ4n) is 2.51. The van der Waals surface area contributed by atoms with Gasteiger partial charge in [0.25, 0.3) is 0 Å². The number of nitrogens with zero attached hydrogens (tertiary/aromatic N) is 1. The zero-order valence-corrected chi connectivity index (χ0v) is 11.1. The van der Waals surface area contributed by atoms with Crippen LogP contribution >= 0.6 is 11.8 Å². The Hall–Kier alpha value is -0.470. The highest BCUT2D eigenvalue weighted by Crippen LogP contribution is 2.30. The van der Waals surface area contributed by atoms with Gasteiger partial charge < -0.3 is 0 Å². The maximum atomic E-state index is 2.62. The van der Waals surface area contributed by atoms with E-state index in [2.05, 4.69) is 42.3 Å². The van der Waals surface area contributed by atoms with Gasteiger partial charge in [-0.25, -0.2) is 0 Å². The first-order chi connectivity index (χ1) is 7.83. The van der Waals surface area contributed by atoms with Gasteiger partial charge in [0.15, 0.2) is 0 Å². The van der Waals surface area contributed by atoms with Crippen LogP contribution in [-0.2, 0) is 0 Å². The van der Waals surface area contributed by atoms with Crippen molar-refractivity contribution in [3.8, 4) is 0 Å². The van der Waals surface area contributed by atoms with E-state index in [1.54, 1.807) is 0 Å². The molecule has 0 radical (unpaired) electrons. The largest absolute Gasteiger partial charge is 0.297 e. The lowest BCUT2D eigenvalue weighted by Gasteiger charge is -2.33. The minimum absolute atomic E-state index is 0.573. The quantitative estimate of drug-likeness (QED) is 0.730. The molecule has 1 aromatic rings. The van der Waals surface area contributed by atoms with Gasteiger partial charge in [-0.3, -0.25) is 4.90 Å². The Balaban J connectivity index is 2.15. The molecule has 1 aliphatic heterocycles. The van der Waals surface area contributed by atoms with Crippen molar-refractivity contribution in [1.29, 1.82) is 0 Å². The molecular weight excluding hydrogens is 214 g/mol. The number of benzene rings is 1. The summed E-state index contributed by atoms with van der Waals surface area (Å²) in [5.41, 5.74) is 1.50. The second kappa shape index (κ2) is 5.74. The van der Waals surface area contributed by atoms with E-state index in [4.69, 9.17) is 0 Å². The van der Waals surface area contributed by atoms with Gasteiger partial charge in [-0.15, -0.1) is 11.8 Å². The summed E-state index contributed by atoms with van der Waals surface area (Å²) in [5, 5.41) is 0. The van der Waals surface area contributed by atoms with E-state index in [-0.39, 0.29) is 0 Å². The molecule has 88 valence electrons. The summed E-state index contributed by atoms with van der Waals surface area (Å²) in [6.07, 6.45) is 6.31. The topological polar surface area (TPSA) is 3.24 Å². The van der Waals surface area contributed by atoms with Crippen molar-refractivity contribution in [3.05, 3.63) is 29.8 Å². The van der Waals surface area contributed by atoms with Crippen LogP contribution in [0.1, 0.15) is 37.8 Å². The molecule has 1 atom stereocenters. The fraction of sp³-hybridized carbons (Fsp3) is 0.571. The highest BCUT2D eigenvalue weighted by Gasteiger charge is 2.19. The maximum absolute atomic E-state index is 2.62. The molecular formula is C14H21NS. The Morgan fingerprint density at radius 2 is 1.81 bits per heavy atom.